The minimum atomic E-state index is -1.04. The summed E-state index contributed by atoms with van der Waals surface area (Å²) in [6, 6.07) is 17.4. The lowest BCUT2D eigenvalue weighted by Crippen LogP contribution is -2.55. The van der Waals surface area contributed by atoms with Gasteiger partial charge in [0.25, 0.3) is 5.91 Å². The molecule has 0 aliphatic carbocycles. The van der Waals surface area contributed by atoms with Gasteiger partial charge < -0.3 is 19.4 Å². The summed E-state index contributed by atoms with van der Waals surface area (Å²) in [5.74, 6) is -0.874. The Kier molecular flexibility index (Phi) is 8.10. The minimum Gasteiger partial charge on any atom is -0.463 e. The van der Waals surface area contributed by atoms with Crippen molar-refractivity contribution >= 4 is 45.1 Å². The molecule has 1 amide bonds. The van der Waals surface area contributed by atoms with Crippen LogP contribution in [0.4, 0.5) is 10.2 Å². The van der Waals surface area contributed by atoms with Gasteiger partial charge in [0.1, 0.15) is 5.82 Å². The number of hydrogen-bond acceptors (Lipinski definition) is 8. The van der Waals surface area contributed by atoms with Crippen molar-refractivity contribution < 1.29 is 13.9 Å². The Morgan fingerprint density at radius 2 is 1.93 bits per heavy atom. The highest BCUT2D eigenvalue weighted by molar-refractivity contribution is 6.36. The number of rotatable bonds is 7. The smallest absolute Gasteiger partial charge is 0.320 e. The Hall–Kier alpha value is -4.33. The molecule has 2 saturated heterocycles. The fourth-order valence-electron chi connectivity index (χ4n) is 6.04. The van der Waals surface area contributed by atoms with Crippen molar-refractivity contribution in [2.45, 2.75) is 18.9 Å². The molecule has 4 heterocycles. The standard InChI is InChI=1S/C32H31ClFN7O2/c1-20(34)31(42)41-16-15-40(18-23(41)11-13-35)30-25-9-10-27(24-7-3-5-22-6-4-8-26(33)28(22)24)36-29(25)37-32(38-30)43-19-21-12-14-39(2)17-21/h3-10,21,23H,1,11-12,14-19H2,2H3/t21-,23+/m1/s1. The van der Waals surface area contributed by atoms with Gasteiger partial charge in [-0.1, -0.05) is 48.5 Å². The summed E-state index contributed by atoms with van der Waals surface area (Å²) in [4.78, 5) is 32.6. The van der Waals surface area contributed by atoms with Crippen LogP contribution in [0, 0.1) is 17.2 Å². The van der Waals surface area contributed by atoms with Crippen molar-refractivity contribution in [3.8, 4) is 23.3 Å². The molecule has 0 radical (unpaired) electrons. The first-order chi connectivity index (χ1) is 20.8. The van der Waals surface area contributed by atoms with Crippen LogP contribution < -0.4 is 9.64 Å². The molecule has 220 valence electrons. The molecule has 9 nitrogen and oxygen atoms in total. The summed E-state index contributed by atoms with van der Waals surface area (Å²) in [6.07, 6.45) is 1.08. The average molecular weight is 600 g/mol. The SMILES string of the molecule is C=C(F)C(=O)N1CCN(c2nc(OC[C@@H]3CCN(C)C3)nc3nc(-c4cccc5cccc(Cl)c45)ccc23)C[C@@H]1CC#N. The number of amides is 1. The Bertz CT molecular complexity index is 1750. The number of carbonyl (C=O) groups excluding carboxylic acids is 1. The second-order valence-electron chi connectivity index (χ2n) is 11.1. The number of halogens is 2. The van der Waals surface area contributed by atoms with Gasteiger partial charge in [0.2, 0.25) is 0 Å². The summed E-state index contributed by atoms with van der Waals surface area (Å²) >= 11 is 6.63. The van der Waals surface area contributed by atoms with Crippen molar-refractivity contribution in [2.24, 2.45) is 5.92 Å². The van der Waals surface area contributed by atoms with Crippen LogP contribution in [0.3, 0.4) is 0 Å². The van der Waals surface area contributed by atoms with Gasteiger partial charge in [-0.15, -0.1) is 0 Å². The maximum atomic E-state index is 13.8. The van der Waals surface area contributed by atoms with E-state index in [9.17, 15) is 14.4 Å². The van der Waals surface area contributed by atoms with Crippen LogP contribution in [0.25, 0.3) is 33.1 Å². The monoisotopic (exact) mass is 599 g/mol. The number of piperazine rings is 1. The zero-order valence-corrected chi connectivity index (χ0v) is 24.6. The predicted octanol–water partition coefficient (Wildman–Crippen LogP) is 5.24. The molecule has 0 bridgehead atoms. The number of nitrogens with zero attached hydrogens (tertiary/aromatic N) is 7. The van der Waals surface area contributed by atoms with E-state index in [0.29, 0.717) is 46.6 Å². The molecule has 2 aromatic heterocycles. The van der Waals surface area contributed by atoms with E-state index in [0.717, 1.165) is 35.8 Å². The van der Waals surface area contributed by atoms with E-state index >= 15 is 0 Å². The summed E-state index contributed by atoms with van der Waals surface area (Å²) in [6.45, 7) is 6.47. The number of aromatic nitrogens is 3. The lowest BCUT2D eigenvalue weighted by Gasteiger charge is -2.41. The molecule has 11 heteroatoms. The lowest BCUT2D eigenvalue weighted by atomic mass is 10.0. The average Bonchev–Trinajstić information content (AvgIpc) is 3.43. The van der Waals surface area contributed by atoms with Crippen molar-refractivity contribution in [3.05, 3.63) is 66.0 Å². The summed E-state index contributed by atoms with van der Waals surface area (Å²) in [5, 5.41) is 12.7. The molecule has 2 aromatic carbocycles. The van der Waals surface area contributed by atoms with Crippen LogP contribution in [0.5, 0.6) is 6.01 Å². The van der Waals surface area contributed by atoms with Crippen molar-refractivity contribution in [1.82, 2.24) is 24.8 Å². The number of ether oxygens (including phenoxy) is 1. The van der Waals surface area contributed by atoms with Gasteiger partial charge in [-0.25, -0.2) is 9.37 Å². The number of nitriles is 1. The van der Waals surface area contributed by atoms with Gasteiger partial charge >= 0.3 is 6.01 Å². The predicted molar refractivity (Wildman–Crippen MR) is 165 cm³/mol. The number of carbonyl (C=O) groups is 1. The van der Waals surface area contributed by atoms with Gasteiger partial charge in [-0.3, -0.25) is 4.79 Å². The first-order valence-corrected chi connectivity index (χ1v) is 14.6. The molecule has 2 aliphatic rings. The second kappa shape index (κ2) is 12.1. The van der Waals surface area contributed by atoms with Crippen LogP contribution in [0.15, 0.2) is 60.9 Å². The Morgan fingerprint density at radius 3 is 2.67 bits per heavy atom. The molecule has 2 atom stereocenters. The Labute approximate surface area is 254 Å². The van der Waals surface area contributed by atoms with E-state index in [1.165, 1.54) is 4.90 Å². The molecule has 6 rings (SSSR count). The lowest BCUT2D eigenvalue weighted by molar-refractivity contribution is -0.131. The first kappa shape index (κ1) is 28.8. The molecule has 0 saturated carbocycles. The highest BCUT2D eigenvalue weighted by atomic mass is 35.5. The number of likely N-dealkylation sites (tertiary alicyclic amines) is 1. The molecule has 0 unspecified atom stereocenters. The molecular formula is C32H31ClFN7O2. The molecule has 43 heavy (non-hydrogen) atoms. The quantitative estimate of drug-likeness (QED) is 0.266. The molecule has 2 fully saturated rings. The summed E-state index contributed by atoms with van der Waals surface area (Å²) in [5.41, 5.74) is 2.05. The van der Waals surface area contributed by atoms with E-state index in [2.05, 4.69) is 24.6 Å². The fraction of sp³-hybridized carbons (Fsp3) is 0.344. The minimum absolute atomic E-state index is 0.0430. The van der Waals surface area contributed by atoms with E-state index in [1.54, 1.807) is 0 Å². The fourth-order valence-corrected chi connectivity index (χ4v) is 6.33. The number of benzene rings is 2. The third-order valence-corrected chi connectivity index (χ3v) is 8.50. The zero-order chi connectivity index (χ0) is 30.1. The van der Waals surface area contributed by atoms with Gasteiger partial charge in [0.15, 0.2) is 11.5 Å². The molecule has 0 N–H and O–H groups in total. The number of fused-ring (bicyclic) bond motifs is 2. The van der Waals surface area contributed by atoms with Crippen molar-refractivity contribution in [2.75, 3.05) is 51.3 Å². The van der Waals surface area contributed by atoms with Gasteiger partial charge in [0, 0.05) is 48.1 Å². The van der Waals surface area contributed by atoms with Crippen molar-refractivity contribution in [1.29, 1.82) is 5.26 Å². The van der Waals surface area contributed by atoms with E-state index < -0.39 is 17.8 Å². The highest BCUT2D eigenvalue weighted by Crippen LogP contribution is 2.35. The van der Waals surface area contributed by atoms with E-state index in [1.807, 2.05) is 53.4 Å². The van der Waals surface area contributed by atoms with Gasteiger partial charge in [-0.05, 0) is 43.6 Å². The van der Waals surface area contributed by atoms with Crippen LogP contribution in [0.2, 0.25) is 5.02 Å². The maximum Gasteiger partial charge on any atom is 0.320 e. The number of hydrogen-bond donors (Lipinski definition) is 0. The largest absolute Gasteiger partial charge is 0.463 e. The topological polar surface area (TPSA) is 98.5 Å². The molecule has 4 aromatic rings. The summed E-state index contributed by atoms with van der Waals surface area (Å²) in [7, 11) is 2.09. The second-order valence-corrected chi connectivity index (χ2v) is 11.5. The molecule has 0 spiro atoms. The van der Waals surface area contributed by atoms with E-state index in [-0.39, 0.29) is 25.5 Å². The van der Waals surface area contributed by atoms with E-state index in [4.69, 9.17) is 31.3 Å². The third kappa shape index (κ3) is 5.83. The van der Waals surface area contributed by atoms with Crippen LogP contribution in [0.1, 0.15) is 12.8 Å². The summed E-state index contributed by atoms with van der Waals surface area (Å²) < 4.78 is 19.9. The first-order valence-electron chi connectivity index (χ1n) is 14.3. The Morgan fingerprint density at radius 1 is 1.12 bits per heavy atom. The van der Waals surface area contributed by atoms with Crippen LogP contribution in [-0.4, -0.2) is 83.1 Å². The Balaban J connectivity index is 1.41. The zero-order valence-electron chi connectivity index (χ0n) is 23.8. The highest BCUT2D eigenvalue weighted by Gasteiger charge is 2.33. The van der Waals surface area contributed by atoms with Gasteiger partial charge in [-0.2, -0.15) is 15.2 Å². The third-order valence-electron chi connectivity index (χ3n) is 8.19. The van der Waals surface area contributed by atoms with Crippen molar-refractivity contribution in [3.63, 3.8) is 0 Å². The van der Waals surface area contributed by atoms with Crippen LogP contribution in [-0.2, 0) is 4.79 Å². The maximum absolute atomic E-state index is 13.8. The van der Waals surface area contributed by atoms with Gasteiger partial charge in [0.05, 0.1) is 36.2 Å². The number of anilines is 1. The number of pyridine rings is 1. The molecular weight excluding hydrogens is 569 g/mol. The van der Waals surface area contributed by atoms with Crippen LogP contribution >= 0.6 is 11.6 Å². The normalized spacial score (nSPS) is 19.1. The molecule has 2 aliphatic heterocycles.